The SMILES string of the molecule is CN1c2ccccc2C(=O)[C@@H]1N. The van der Waals surface area contributed by atoms with Gasteiger partial charge in [0.05, 0.1) is 0 Å². The van der Waals surface area contributed by atoms with Crippen LogP contribution in [0.5, 0.6) is 0 Å². The van der Waals surface area contributed by atoms with Gasteiger partial charge in [-0.1, -0.05) is 12.1 Å². The Hall–Kier alpha value is -1.35. The molecule has 1 aliphatic heterocycles. The van der Waals surface area contributed by atoms with Crippen LogP contribution in [0.25, 0.3) is 0 Å². The quantitative estimate of drug-likeness (QED) is 0.607. The maximum absolute atomic E-state index is 11.4. The molecule has 0 spiro atoms. The van der Waals surface area contributed by atoms with Crippen molar-refractivity contribution in [3.63, 3.8) is 0 Å². The summed E-state index contributed by atoms with van der Waals surface area (Å²) in [6, 6.07) is 7.46. The fraction of sp³-hybridized carbons (Fsp3) is 0.222. The van der Waals surface area contributed by atoms with Gasteiger partial charge in [0.15, 0.2) is 0 Å². The van der Waals surface area contributed by atoms with E-state index < -0.39 is 6.17 Å². The Morgan fingerprint density at radius 1 is 1.42 bits per heavy atom. The fourth-order valence-electron chi connectivity index (χ4n) is 1.47. The summed E-state index contributed by atoms with van der Waals surface area (Å²) in [4.78, 5) is 13.2. The van der Waals surface area contributed by atoms with Crippen molar-refractivity contribution in [2.75, 3.05) is 11.9 Å². The number of carbonyl (C=O) groups is 1. The summed E-state index contributed by atoms with van der Waals surface area (Å²) in [5.74, 6) is 0.00750. The van der Waals surface area contributed by atoms with Gasteiger partial charge >= 0.3 is 0 Å². The second-order valence-corrected chi connectivity index (χ2v) is 2.94. The lowest BCUT2D eigenvalue weighted by atomic mass is 10.1. The van der Waals surface area contributed by atoms with Crippen molar-refractivity contribution in [3.05, 3.63) is 29.8 Å². The van der Waals surface area contributed by atoms with E-state index in [2.05, 4.69) is 0 Å². The number of likely N-dealkylation sites (N-methyl/N-ethyl adjacent to an activating group) is 1. The number of para-hydroxylation sites is 1. The largest absolute Gasteiger partial charge is 0.352 e. The molecule has 1 aromatic rings. The average molecular weight is 162 g/mol. The predicted molar refractivity (Wildman–Crippen MR) is 47.2 cm³/mol. The van der Waals surface area contributed by atoms with Crippen LogP contribution >= 0.6 is 0 Å². The number of nitrogens with zero attached hydrogens (tertiary/aromatic N) is 1. The zero-order valence-corrected chi connectivity index (χ0v) is 6.82. The number of rotatable bonds is 0. The summed E-state index contributed by atoms with van der Waals surface area (Å²) in [7, 11) is 1.83. The molecule has 3 nitrogen and oxygen atoms in total. The number of nitrogens with two attached hydrogens (primary N) is 1. The second-order valence-electron chi connectivity index (χ2n) is 2.94. The molecule has 0 aromatic heterocycles. The highest BCUT2D eigenvalue weighted by Gasteiger charge is 2.31. The lowest BCUT2D eigenvalue weighted by Gasteiger charge is -2.16. The van der Waals surface area contributed by atoms with Crippen LogP contribution in [0.4, 0.5) is 5.69 Å². The number of Topliss-reactive ketones (excluding diaryl/α,β-unsaturated/α-hetero) is 1. The fourth-order valence-corrected chi connectivity index (χ4v) is 1.47. The monoisotopic (exact) mass is 162 g/mol. The number of carbonyl (C=O) groups excluding carboxylic acids is 1. The summed E-state index contributed by atoms with van der Waals surface area (Å²) in [5.41, 5.74) is 7.30. The van der Waals surface area contributed by atoms with Crippen LogP contribution in [0.2, 0.25) is 0 Å². The van der Waals surface area contributed by atoms with E-state index in [0.717, 1.165) is 11.3 Å². The molecule has 62 valence electrons. The van der Waals surface area contributed by atoms with Gasteiger partial charge < -0.3 is 10.6 Å². The van der Waals surface area contributed by atoms with Crippen molar-refractivity contribution in [1.29, 1.82) is 0 Å². The lowest BCUT2D eigenvalue weighted by molar-refractivity contribution is 0.0974. The molecule has 0 aliphatic carbocycles. The maximum Gasteiger partial charge on any atom is 0.201 e. The molecule has 0 saturated carbocycles. The first-order chi connectivity index (χ1) is 5.72. The van der Waals surface area contributed by atoms with Gasteiger partial charge in [0.2, 0.25) is 5.78 Å². The van der Waals surface area contributed by atoms with Gasteiger partial charge in [0.25, 0.3) is 0 Å². The van der Waals surface area contributed by atoms with Crippen LogP contribution in [0.15, 0.2) is 24.3 Å². The predicted octanol–water partition coefficient (Wildman–Crippen LogP) is 0.604. The molecule has 3 heteroatoms. The van der Waals surface area contributed by atoms with Crippen molar-refractivity contribution in [3.8, 4) is 0 Å². The van der Waals surface area contributed by atoms with Gasteiger partial charge in [0.1, 0.15) is 6.17 Å². The summed E-state index contributed by atoms with van der Waals surface area (Å²) >= 11 is 0. The molecule has 12 heavy (non-hydrogen) atoms. The highest BCUT2D eigenvalue weighted by molar-refractivity contribution is 6.10. The Bertz CT molecular complexity index is 335. The Morgan fingerprint density at radius 3 is 2.75 bits per heavy atom. The molecule has 0 fully saturated rings. The minimum Gasteiger partial charge on any atom is -0.352 e. The smallest absolute Gasteiger partial charge is 0.201 e. The minimum atomic E-state index is -0.498. The number of hydrogen-bond donors (Lipinski definition) is 1. The highest BCUT2D eigenvalue weighted by Crippen LogP contribution is 2.27. The molecule has 1 atom stereocenters. The Morgan fingerprint density at radius 2 is 2.08 bits per heavy atom. The van der Waals surface area contributed by atoms with Crippen LogP contribution in [-0.4, -0.2) is 19.0 Å². The zero-order valence-electron chi connectivity index (χ0n) is 6.82. The zero-order chi connectivity index (χ0) is 8.72. The van der Waals surface area contributed by atoms with E-state index in [0.29, 0.717) is 0 Å². The molecule has 2 rings (SSSR count). The van der Waals surface area contributed by atoms with Crippen molar-refractivity contribution >= 4 is 11.5 Å². The molecule has 0 unspecified atom stereocenters. The number of benzene rings is 1. The molecule has 0 radical (unpaired) electrons. The van der Waals surface area contributed by atoms with Gasteiger partial charge in [-0.25, -0.2) is 0 Å². The minimum absolute atomic E-state index is 0.00750. The van der Waals surface area contributed by atoms with Crippen LogP contribution in [0.3, 0.4) is 0 Å². The van der Waals surface area contributed by atoms with E-state index in [4.69, 9.17) is 5.73 Å². The number of ketones is 1. The number of anilines is 1. The molecule has 1 aromatic carbocycles. The lowest BCUT2D eigenvalue weighted by Crippen LogP contribution is -2.40. The van der Waals surface area contributed by atoms with E-state index in [1.54, 1.807) is 11.0 Å². The highest BCUT2D eigenvalue weighted by atomic mass is 16.1. The molecule has 2 N–H and O–H groups in total. The van der Waals surface area contributed by atoms with Crippen LogP contribution in [-0.2, 0) is 0 Å². The van der Waals surface area contributed by atoms with Gasteiger partial charge in [-0.15, -0.1) is 0 Å². The van der Waals surface area contributed by atoms with E-state index in [-0.39, 0.29) is 5.78 Å². The van der Waals surface area contributed by atoms with E-state index in [1.807, 2.05) is 25.2 Å². The standard InChI is InChI=1S/C9H10N2O/c1-11-7-5-3-2-4-6(7)8(12)9(11)10/h2-5,9H,10H2,1H3/t9-/m1/s1. The van der Waals surface area contributed by atoms with Crippen LogP contribution < -0.4 is 10.6 Å². The van der Waals surface area contributed by atoms with Crippen molar-refractivity contribution in [1.82, 2.24) is 0 Å². The van der Waals surface area contributed by atoms with E-state index >= 15 is 0 Å². The van der Waals surface area contributed by atoms with Crippen molar-refractivity contribution in [2.45, 2.75) is 6.17 Å². The summed E-state index contributed by atoms with van der Waals surface area (Å²) in [6.45, 7) is 0. The summed E-state index contributed by atoms with van der Waals surface area (Å²) < 4.78 is 0. The Kier molecular flexibility index (Phi) is 1.41. The van der Waals surface area contributed by atoms with E-state index in [9.17, 15) is 4.79 Å². The van der Waals surface area contributed by atoms with Crippen LogP contribution in [0, 0.1) is 0 Å². The first-order valence-electron chi connectivity index (χ1n) is 3.83. The maximum atomic E-state index is 11.4. The molecule has 0 bridgehead atoms. The summed E-state index contributed by atoms with van der Waals surface area (Å²) in [5, 5.41) is 0. The Balaban J connectivity index is 2.59. The van der Waals surface area contributed by atoms with Crippen LogP contribution in [0.1, 0.15) is 10.4 Å². The normalized spacial score (nSPS) is 21.3. The number of hydrogen-bond acceptors (Lipinski definition) is 3. The average Bonchev–Trinajstić information content (AvgIpc) is 2.33. The van der Waals surface area contributed by atoms with Gasteiger partial charge in [-0.05, 0) is 12.1 Å². The van der Waals surface area contributed by atoms with Crippen molar-refractivity contribution in [2.24, 2.45) is 5.73 Å². The Labute approximate surface area is 70.8 Å². The van der Waals surface area contributed by atoms with Crippen molar-refractivity contribution < 1.29 is 4.79 Å². The number of fused-ring (bicyclic) bond motifs is 1. The molecular formula is C9H10N2O. The van der Waals surface area contributed by atoms with E-state index in [1.165, 1.54) is 0 Å². The van der Waals surface area contributed by atoms with Gasteiger partial charge in [-0.3, -0.25) is 4.79 Å². The van der Waals surface area contributed by atoms with Gasteiger partial charge in [-0.2, -0.15) is 0 Å². The third kappa shape index (κ3) is 0.769. The molecular weight excluding hydrogens is 152 g/mol. The topological polar surface area (TPSA) is 46.3 Å². The molecule has 1 aliphatic rings. The third-order valence-corrected chi connectivity index (χ3v) is 2.24. The molecule has 0 amide bonds. The third-order valence-electron chi connectivity index (χ3n) is 2.24. The summed E-state index contributed by atoms with van der Waals surface area (Å²) in [6.07, 6.45) is -0.498. The first-order valence-corrected chi connectivity index (χ1v) is 3.83. The first kappa shape index (κ1) is 7.31. The second kappa shape index (κ2) is 2.32. The molecule has 1 heterocycles. The molecule has 0 saturated heterocycles. The van der Waals surface area contributed by atoms with Gasteiger partial charge in [0, 0.05) is 18.3 Å².